The Hall–Kier alpha value is -2.22. The summed E-state index contributed by atoms with van der Waals surface area (Å²) in [5.41, 5.74) is -1.20. The summed E-state index contributed by atoms with van der Waals surface area (Å²) >= 11 is 6.77. The molecule has 2 aromatic carbocycles. The molecule has 0 spiro atoms. The van der Waals surface area contributed by atoms with Gasteiger partial charge in [-0.05, 0) is 30.3 Å². The number of rotatable bonds is 5. The van der Waals surface area contributed by atoms with E-state index in [9.17, 15) is 32.9 Å². The van der Waals surface area contributed by atoms with Gasteiger partial charge in [0.25, 0.3) is 0 Å². The topological polar surface area (TPSA) is 101 Å². The highest BCUT2D eigenvalue weighted by Gasteiger charge is 2.46. The average Bonchev–Trinajstić information content (AvgIpc) is 3.26. The van der Waals surface area contributed by atoms with Crippen molar-refractivity contribution in [3.8, 4) is 11.3 Å². The van der Waals surface area contributed by atoms with E-state index in [0.29, 0.717) is 4.90 Å². The van der Waals surface area contributed by atoms with Gasteiger partial charge in [0.15, 0.2) is 17.5 Å². The summed E-state index contributed by atoms with van der Waals surface area (Å²) in [7, 11) is 0. The van der Waals surface area contributed by atoms with Crippen LogP contribution in [0.5, 0.6) is 0 Å². The number of hydrogen-bond acceptors (Lipinski definition) is 7. The van der Waals surface area contributed by atoms with Crippen LogP contribution in [0.2, 0.25) is 5.02 Å². The molecule has 1 saturated heterocycles. The summed E-state index contributed by atoms with van der Waals surface area (Å²) in [6.07, 6.45) is -2.76. The number of aliphatic hydroxyl groups excluding tert-OH is 3. The molecule has 0 bridgehead atoms. The van der Waals surface area contributed by atoms with Crippen molar-refractivity contribution in [3.05, 3.63) is 64.8 Å². The molecule has 0 saturated carbocycles. The first-order valence-corrected chi connectivity index (χ1v) is 10.8. The number of ether oxygens (including phenoxy) is 1. The summed E-state index contributed by atoms with van der Waals surface area (Å²) in [5.74, 6) is -5.09. The van der Waals surface area contributed by atoms with E-state index in [0.717, 1.165) is 34.6 Å². The zero-order valence-electron chi connectivity index (χ0n) is 16.4. The molecule has 1 fully saturated rings. The molecule has 1 aliphatic rings. The fraction of sp³-hybridized carbons (Fsp3) is 0.300. The summed E-state index contributed by atoms with van der Waals surface area (Å²) in [4.78, 5) is 0.453. The molecule has 1 aromatic heterocycles. The third kappa shape index (κ3) is 4.72. The van der Waals surface area contributed by atoms with Gasteiger partial charge in [-0.1, -0.05) is 28.6 Å². The minimum Gasteiger partial charge on any atom is -0.394 e. The summed E-state index contributed by atoms with van der Waals surface area (Å²) < 4.78 is 60.5. The molecule has 1 aliphatic heterocycles. The van der Waals surface area contributed by atoms with Crippen LogP contribution in [0.15, 0.2) is 41.4 Å². The first-order chi connectivity index (χ1) is 15.7. The average molecular weight is 506 g/mol. The highest BCUT2D eigenvalue weighted by Crippen LogP contribution is 2.39. The van der Waals surface area contributed by atoms with Crippen LogP contribution in [0.1, 0.15) is 6.04 Å². The van der Waals surface area contributed by atoms with Crippen molar-refractivity contribution in [2.45, 2.75) is 34.7 Å². The Morgan fingerprint density at radius 2 is 1.73 bits per heavy atom. The van der Waals surface area contributed by atoms with Crippen LogP contribution in [0, 0.1) is 23.3 Å². The molecule has 3 N–H and O–H groups in total. The van der Waals surface area contributed by atoms with E-state index in [2.05, 4.69) is 10.3 Å². The van der Waals surface area contributed by atoms with Gasteiger partial charge in [-0.15, -0.1) is 5.10 Å². The third-order valence-electron chi connectivity index (χ3n) is 5.09. The molecule has 7 nitrogen and oxygen atoms in total. The minimum atomic E-state index is -1.63. The van der Waals surface area contributed by atoms with Gasteiger partial charge in [0, 0.05) is 10.5 Å². The number of hydrogen-bond donors (Lipinski definition) is 3. The van der Waals surface area contributed by atoms with Gasteiger partial charge in [-0.3, -0.25) is 0 Å². The third-order valence-corrected chi connectivity index (χ3v) is 6.53. The second-order valence-corrected chi connectivity index (χ2v) is 8.81. The van der Waals surface area contributed by atoms with Crippen LogP contribution in [0.25, 0.3) is 11.3 Å². The Balaban J connectivity index is 1.63. The number of nitrogens with zero attached hydrogens (tertiary/aromatic N) is 3. The molecule has 2 unspecified atom stereocenters. The van der Waals surface area contributed by atoms with Crippen molar-refractivity contribution in [3.63, 3.8) is 0 Å². The van der Waals surface area contributed by atoms with E-state index in [1.807, 2.05) is 0 Å². The van der Waals surface area contributed by atoms with Gasteiger partial charge in [0.05, 0.1) is 17.8 Å². The Labute approximate surface area is 193 Å². The van der Waals surface area contributed by atoms with Crippen LogP contribution < -0.4 is 0 Å². The number of benzene rings is 2. The smallest absolute Gasteiger partial charge is 0.194 e. The Bertz CT molecular complexity index is 1150. The molecule has 176 valence electrons. The highest BCUT2D eigenvalue weighted by molar-refractivity contribution is 7.99. The molecule has 0 amide bonds. The predicted molar refractivity (Wildman–Crippen MR) is 109 cm³/mol. The molecule has 4 rings (SSSR count). The molecule has 13 heteroatoms. The first-order valence-electron chi connectivity index (χ1n) is 9.50. The molecule has 5 atom stereocenters. The van der Waals surface area contributed by atoms with Gasteiger partial charge in [-0.2, -0.15) is 0 Å². The van der Waals surface area contributed by atoms with Gasteiger partial charge < -0.3 is 20.1 Å². The van der Waals surface area contributed by atoms with Gasteiger partial charge >= 0.3 is 0 Å². The molecular formula is C20H16ClF4N3O4S. The minimum absolute atomic E-state index is 0.0474. The summed E-state index contributed by atoms with van der Waals surface area (Å²) in [6.45, 7) is -0.596. The molecule has 0 radical (unpaired) electrons. The second-order valence-electron chi connectivity index (χ2n) is 7.23. The summed E-state index contributed by atoms with van der Waals surface area (Å²) in [5, 5.41) is 38.7. The van der Waals surface area contributed by atoms with Crippen LogP contribution in [-0.4, -0.2) is 60.7 Å². The molecule has 33 heavy (non-hydrogen) atoms. The number of halogens is 5. The van der Waals surface area contributed by atoms with Crippen molar-refractivity contribution < 1.29 is 37.6 Å². The SMILES string of the molecule is OCC1O[C@H](Sc2ccc(F)c(Cl)c2)C(O)[C@@H](n2cc(-c3cc(F)c(F)c(F)c3)nn2)[C@H]1O. The van der Waals surface area contributed by atoms with Gasteiger partial charge in [0.1, 0.15) is 41.3 Å². The second kappa shape index (κ2) is 9.57. The van der Waals surface area contributed by atoms with Crippen LogP contribution in [0.3, 0.4) is 0 Å². The lowest BCUT2D eigenvalue weighted by atomic mass is 9.97. The van der Waals surface area contributed by atoms with Gasteiger partial charge in [0.2, 0.25) is 0 Å². The van der Waals surface area contributed by atoms with Crippen molar-refractivity contribution in [2.24, 2.45) is 0 Å². The van der Waals surface area contributed by atoms with E-state index < -0.39 is 59.7 Å². The monoisotopic (exact) mass is 505 g/mol. The Kier molecular flexibility index (Phi) is 6.93. The normalized spacial score (nSPS) is 25.4. The maximum Gasteiger partial charge on any atom is 0.194 e. The highest BCUT2D eigenvalue weighted by atomic mass is 35.5. The Morgan fingerprint density at radius 1 is 1.03 bits per heavy atom. The van der Waals surface area contributed by atoms with E-state index >= 15 is 0 Å². The Morgan fingerprint density at radius 3 is 2.36 bits per heavy atom. The largest absolute Gasteiger partial charge is 0.394 e. The predicted octanol–water partition coefficient (Wildman–Crippen LogP) is 2.93. The maximum absolute atomic E-state index is 13.6. The standard InChI is InChI=1S/C20H16ClF4N3O4S/c21-10-5-9(1-2-11(10)22)33-20-19(31)17(18(30)15(7-29)32-20)28-6-14(26-27-28)8-3-12(23)16(25)13(24)4-8/h1-6,15,17-20,29-31H,7H2/t15?,17-,18-,19?,20+/m0/s1. The van der Waals surface area contributed by atoms with Crippen molar-refractivity contribution in [1.82, 2.24) is 15.0 Å². The van der Waals surface area contributed by atoms with Crippen molar-refractivity contribution in [1.29, 1.82) is 0 Å². The quantitative estimate of drug-likeness (QED) is 0.362. The number of aromatic nitrogens is 3. The van der Waals surface area contributed by atoms with Crippen LogP contribution in [-0.2, 0) is 4.74 Å². The zero-order chi connectivity index (χ0) is 23.9. The molecule has 2 heterocycles. The van der Waals surface area contributed by atoms with E-state index in [1.165, 1.54) is 18.3 Å². The van der Waals surface area contributed by atoms with Crippen molar-refractivity contribution in [2.75, 3.05) is 6.61 Å². The van der Waals surface area contributed by atoms with Crippen molar-refractivity contribution >= 4 is 23.4 Å². The summed E-state index contributed by atoms with van der Waals surface area (Å²) in [6, 6.07) is 4.17. The van der Waals surface area contributed by atoms with Gasteiger partial charge in [-0.25, -0.2) is 22.2 Å². The van der Waals surface area contributed by atoms with Crippen LogP contribution in [0.4, 0.5) is 17.6 Å². The zero-order valence-corrected chi connectivity index (χ0v) is 18.0. The van der Waals surface area contributed by atoms with Crippen LogP contribution >= 0.6 is 23.4 Å². The van der Waals surface area contributed by atoms with E-state index in [-0.39, 0.29) is 16.3 Å². The van der Waals surface area contributed by atoms with E-state index in [4.69, 9.17) is 16.3 Å². The fourth-order valence-electron chi connectivity index (χ4n) is 3.42. The number of thioether (sulfide) groups is 1. The molecule has 0 aliphatic carbocycles. The lowest BCUT2D eigenvalue weighted by Gasteiger charge is -2.41. The molecular weight excluding hydrogens is 490 g/mol. The maximum atomic E-state index is 13.6. The first kappa shape index (κ1) is 23.9. The number of aliphatic hydroxyl groups is 3. The lowest BCUT2D eigenvalue weighted by Crippen LogP contribution is -2.55. The fourth-order valence-corrected chi connectivity index (χ4v) is 4.76. The lowest BCUT2D eigenvalue weighted by molar-refractivity contribution is -0.178. The molecule has 3 aromatic rings. The van der Waals surface area contributed by atoms with E-state index in [1.54, 1.807) is 0 Å².